The van der Waals surface area contributed by atoms with E-state index in [1.165, 1.54) is 0 Å². The summed E-state index contributed by atoms with van der Waals surface area (Å²) in [6, 6.07) is 27.1. The minimum atomic E-state index is -0.943. The predicted octanol–water partition coefficient (Wildman–Crippen LogP) is 5.27. The molecule has 0 radical (unpaired) electrons. The maximum atomic E-state index is 12.8. The van der Waals surface area contributed by atoms with E-state index >= 15 is 0 Å². The molecule has 1 heterocycles. The molecule has 0 aliphatic heterocycles. The largest absolute Gasteiger partial charge is 0.452 e. The Kier molecular flexibility index (Phi) is 6.87. The SMILES string of the molecule is Cc1nn(-c2ccccc2)c(C)c1CC(=O)OC(C)C(=O)Nc1ccccc1-c1ccccc1. The maximum Gasteiger partial charge on any atom is 0.311 e. The van der Waals surface area contributed by atoms with Crippen LogP contribution in [-0.4, -0.2) is 27.8 Å². The van der Waals surface area contributed by atoms with Crippen LogP contribution < -0.4 is 5.32 Å². The molecule has 0 bridgehead atoms. The summed E-state index contributed by atoms with van der Waals surface area (Å²) in [4.78, 5) is 25.5. The Bertz CT molecular complexity index is 1300. The van der Waals surface area contributed by atoms with Crippen LogP contribution in [0.4, 0.5) is 5.69 Å². The maximum absolute atomic E-state index is 12.8. The molecule has 0 fully saturated rings. The highest BCUT2D eigenvalue weighted by molar-refractivity contribution is 5.98. The lowest BCUT2D eigenvalue weighted by atomic mass is 10.0. The van der Waals surface area contributed by atoms with Crippen molar-refractivity contribution in [3.63, 3.8) is 0 Å². The number of carbonyl (C=O) groups excluding carboxylic acids is 2. The summed E-state index contributed by atoms with van der Waals surface area (Å²) in [7, 11) is 0. The Morgan fingerprint density at radius 1 is 0.912 bits per heavy atom. The Hall–Kier alpha value is -4.19. The summed E-state index contributed by atoms with van der Waals surface area (Å²) in [5, 5.41) is 7.47. The molecule has 0 saturated carbocycles. The minimum Gasteiger partial charge on any atom is -0.452 e. The molecule has 34 heavy (non-hydrogen) atoms. The third-order valence-electron chi connectivity index (χ3n) is 5.71. The van der Waals surface area contributed by atoms with Gasteiger partial charge in [-0.25, -0.2) is 4.68 Å². The Morgan fingerprint density at radius 2 is 1.53 bits per heavy atom. The first-order valence-corrected chi connectivity index (χ1v) is 11.2. The van der Waals surface area contributed by atoms with Crippen LogP contribution in [0.25, 0.3) is 16.8 Å². The number of anilines is 1. The number of nitrogens with zero attached hydrogens (tertiary/aromatic N) is 2. The summed E-state index contributed by atoms with van der Waals surface area (Å²) < 4.78 is 7.28. The second-order valence-electron chi connectivity index (χ2n) is 8.11. The van der Waals surface area contributed by atoms with Crippen LogP contribution in [0.2, 0.25) is 0 Å². The topological polar surface area (TPSA) is 73.2 Å². The van der Waals surface area contributed by atoms with Crippen LogP contribution in [-0.2, 0) is 20.7 Å². The standard InChI is InChI=1S/C28H27N3O3/c1-19-25(20(2)31(30-19)23-14-8-5-9-15-23)18-27(32)34-21(3)28(33)29-26-17-11-10-16-24(26)22-12-6-4-7-13-22/h4-17,21H,18H2,1-3H3,(H,29,33). The average molecular weight is 454 g/mol. The molecule has 4 aromatic rings. The van der Waals surface area contributed by atoms with E-state index in [1.54, 1.807) is 6.92 Å². The van der Waals surface area contributed by atoms with Crippen molar-refractivity contribution >= 4 is 17.6 Å². The third kappa shape index (κ3) is 5.07. The van der Waals surface area contributed by atoms with Gasteiger partial charge in [-0.2, -0.15) is 5.10 Å². The molecule has 1 N–H and O–H groups in total. The van der Waals surface area contributed by atoms with Gasteiger partial charge in [0, 0.05) is 22.5 Å². The van der Waals surface area contributed by atoms with E-state index in [-0.39, 0.29) is 12.3 Å². The van der Waals surface area contributed by atoms with Gasteiger partial charge in [0.25, 0.3) is 5.91 Å². The Labute approximate surface area is 199 Å². The summed E-state index contributed by atoms with van der Waals surface area (Å²) in [5.41, 5.74) is 5.90. The molecule has 1 unspecified atom stereocenters. The van der Waals surface area contributed by atoms with Gasteiger partial charge in [-0.05, 0) is 44.5 Å². The van der Waals surface area contributed by atoms with Crippen LogP contribution in [0.5, 0.6) is 0 Å². The van der Waals surface area contributed by atoms with Crippen molar-refractivity contribution in [3.05, 3.63) is 102 Å². The van der Waals surface area contributed by atoms with Gasteiger partial charge in [-0.15, -0.1) is 0 Å². The number of aromatic nitrogens is 2. The summed E-state index contributed by atoms with van der Waals surface area (Å²) in [6.07, 6.45) is -0.899. The first-order chi connectivity index (χ1) is 16.4. The van der Waals surface area contributed by atoms with Crippen molar-refractivity contribution < 1.29 is 14.3 Å². The molecule has 0 saturated heterocycles. The number of carbonyl (C=O) groups is 2. The number of rotatable bonds is 7. The molecule has 172 valence electrons. The van der Waals surface area contributed by atoms with E-state index in [9.17, 15) is 9.59 Å². The van der Waals surface area contributed by atoms with Crippen molar-refractivity contribution in [3.8, 4) is 16.8 Å². The number of ether oxygens (including phenoxy) is 1. The highest BCUT2D eigenvalue weighted by Gasteiger charge is 2.22. The van der Waals surface area contributed by atoms with Crippen LogP contribution in [0.15, 0.2) is 84.9 Å². The van der Waals surface area contributed by atoms with Gasteiger partial charge < -0.3 is 10.1 Å². The van der Waals surface area contributed by atoms with E-state index in [0.717, 1.165) is 33.8 Å². The molecule has 1 aromatic heterocycles. The van der Waals surface area contributed by atoms with Gasteiger partial charge in [-0.1, -0.05) is 66.7 Å². The van der Waals surface area contributed by atoms with Gasteiger partial charge in [0.1, 0.15) is 0 Å². The second-order valence-corrected chi connectivity index (χ2v) is 8.11. The number of aryl methyl sites for hydroxylation is 1. The number of hydrogen-bond acceptors (Lipinski definition) is 4. The normalized spacial score (nSPS) is 11.6. The first-order valence-electron chi connectivity index (χ1n) is 11.2. The van der Waals surface area contributed by atoms with Gasteiger partial charge in [0.2, 0.25) is 0 Å². The van der Waals surface area contributed by atoms with Crippen molar-refractivity contribution in [1.82, 2.24) is 9.78 Å². The molecule has 1 amide bonds. The molecular formula is C28H27N3O3. The summed E-state index contributed by atoms with van der Waals surface area (Å²) >= 11 is 0. The average Bonchev–Trinajstić information content (AvgIpc) is 3.13. The molecular weight excluding hydrogens is 426 g/mol. The number of esters is 1. The zero-order chi connectivity index (χ0) is 24.1. The second kappa shape index (κ2) is 10.2. The lowest BCUT2D eigenvalue weighted by molar-refractivity contribution is -0.152. The molecule has 3 aromatic carbocycles. The number of nitrogens with one attached hydrogen (secondary N) is 1. The lowest BCUT2D eigenvalue weighted by Gasteiger charge is -2.16. The Morgan fingerprint density at radius 3 is 2.24 bits per heavy atom. The fraction of sp³-hybridized carbons (Fsp3) is 0.179. The minimum absolute atomic E-state index is 0.0444. The lowest BCUT2D eigenvalue weighted by Crippen LogP contribution is -2.30. The Balaban J connectivity index is 1.42. The number of benzene rings is 3. The van der Waals surface area contributed by atoms with Crippen LogP contribution in [0, 0.1) is 13.8 Å². The summed E-state index contributed by atoms with van der Waals surface area (Å²) in [5.74, 6) is -0.858. The quantitative estimate of drug-likeness (QED) is 0.387. The van der Waals surface area contributed by atoms with Crippen LogP contribution in [0.1, 0.15) is 23.9 Å². The number of hydrogen-bond donors (Lipinski definition) is 1. The van der Waals surface area contributed by atoms with E-state index in [1.807, 2.05) is 103 Å². The highest BCUT2D eigenvalue weighted by Crippen LogP contribution is 2.27. The summed E-state index contributed by atoms with van der Waals surface area (Å²) in [6.45, 7) is 5.36. The van der Waals surface area contributed by atoms with Gasteiger partial charge in [-0.3, -0.25) is 9.59 Å². The van der Waals surface area contributed by atoms with Gasteiger partial charge >= 0.3 is 5.97 Å². The predicted molar refractivity (Wildman–Crippen MR) is 133 cm³/mol. The number of amides is 1. The molecule has 0 spiro atoms. The first kappa shape index (κ1) is 23.0. The molecule has 4 rings (SSSR count). The van der Waals surface area contributed by atoms with Crippen molar-refractivity contribution in [1.29, 1.82) is 0 Å². The fourth-order valence-electron chi connectivity index (χ4n) is 3.88. The molecule has 0 aliphatic rings. The highest BCUT2D eigenvalue weighted by atomic mass is 16.5. The van der Waals surface area contributed by atoms with Gasteiger partial charge in [0.05, 0.1) is 17.8 Å². The third-order valence-corrected chi connectivity index (χ3v) is 5.71. The smallest absolute Gasteiger partial charge is 0.311 e. The fourth-order valence-corrected chi connectivity index (χ4v) is 3.88. The van der Waals surface area contributed by atoms with E-state index in [2.05, 4.69) is 10.4 Å². The zero-order valence-corrected chi connectivity index (χ0v) is 19.5. The van der Waals surface area contributed by atoms with E-state index in [4.69, 9.17) is 4.74 Å². The van der Waals surface area contributed by atoms with Crippen molar-refractivity contribution in [2.75, 3.05) is 5.32 Å². The van der Waals surface area contributed by atoms with Crippen molar-refractivity contribution in [2.24, 2.45) is 0 Å². The number of para-hydroxylation sites is 2. The molecule has 6 nitrogen and oxygen atoms in total. The van der Waals surface area contributed by atoms with E-state index < -0.39 is 12.1 Å². The molecule has 1 atom stereocenters. The van der Waals surface area contributed by atoms with E-state index in [0.29, 0.717) is 5.69 Å². The monoisotopic (exact) mass is 453 g/mol. The van der Waals surface area contributed by atoms with Crippen LogP contribution in [0.3, 0.4) is 0 Å². The van der Waals surface area contributed by atoms with Gasteiger partial charge in [0.15, 0.2) is 6.10 Å². The molecule has 0 aliphatic carbocycles. The van der Waals surface area contributed by atoms with Crippen molar-refractivity contribution in [2.45, 2.75) is 33.3 Å². The molecule has 6 heteroatoms. The van der Waals surface area contributed by atoms with Crippen LogP contribution >= 0.6 is 0 Å². The zero-order valence-electron chi connectivity index (χ0n) is 19.5.